The number of fused-ring (bicyclic) bond motifs is 1. The largest absolute Gasteiger partial charge is 0.496 e. The molecule has 1 N–H and O–H groups in total. The van der Waals surface area contributed by atoms with Gasteiger partial charge in [0.15, 0.2) is 5.43 Å². The van der Waals surface area contributed by atoms with Crippen molar-refractivity contribution in [2.75, 3.05) is 20.8 Å². The molecule has 1 aromatic carbocycles. The number of carbonyl (C=O) groups is 1. The van der Waals surface area contributed by atoms with E-state index in [0.29, 0.717) is 22.4 Å². The number of aromatic nitrogens is 1. The van der Waals surface area contributed by atoms with E-state index in [2.05, 4.69) is 4.98 Å². The van der Waals surface area contributed by atoms with Gasteiger partial charge in [-0.2, -0.15) is 0 Å². The summed E-state index contributed by atoms with van der Waals surface area (Å²) in [4.78, 5) is 26.8. The molecule has 0 aliphatic carbocycles. The van der Waals surface area contributed by atoms with Crippen molar-refractivity contribution in [2.24, 2.45) is 0 Å². The predicted molar refractivity (Wildman–Crippen MR) is 73.6 cm³/mol. The molecule has 0 atom stereocenters. The van der Waals surface area contributed by atoms with Crippen LogP contribution in [0, 0.1) is 0 Å². The number of methoxy groups -OCH3 is 2. The van der Waals surface area contributed by atoms with Gasteiger partial charge in [-0.3, -0.25) is 4.79 Å². The van der Waals surface area contributed by atoms with Crippen molar-refractivity contribution in [3.05, 3.63) is 34.1 Å². The van der Waals surface area contributed by atoms with E-state index < -0.39 is 5.97 Å². The molecule has 0 aliphatic rings. The van der Waals surface area contributed by atoms with Gasteiger partial charge >= 0.3 is 5.97 Å². The number of rotatable bonds is 4. The lowest BCUT2D eigenvalue weighted by Crippen LogP contribution is -2.13. The molecule has 2 rings (SSSR count). The molecule has 0 fully saturated rings. The lowest BCUT2D eigenvalue weighted by molar-refractivity contribution is 0.0520. The van der Waals surface area contributed by atoms with Crippen molar-refractivity contribution in [1.29, 1.82) is 0 Å². The van der Waals surface area contributed by atoms with Crippen molar-refractivity contribution >= 4 is 16.9 Å². The van der Waals surface area contributed by atoms with Crippen molar-refractivity contribution in [3.8, 4) is 11.5 Å². The van der Waals surface area contributed by atoms with Gasteiger partial charge < -0.3 is 19.2 Å². The zero-order valence-electron chi connectivity index (χ0n) is 11.5. The molecule has 1 aromatic heterocycles. The van der Waals surface area contributed by atoms with E-state index >= 15 is 0 Å². The highest BCUT2D eigenvalue weighted by Gasteiger charge is 2.16. The quantitative estimate of drug-likeness (QED) is 0.861. The summed E-state index contributed by atoms with van der Waals surface area (Å²) in [5.74, 6) is 0.276. The van der Waals surface area contributed by atoms with Gasteiger partial charge in [0.1, 0.15) is 17.2 Å². The van der Waals surface area contributed by atoms with Gasteiger partial charge in [-0.15, -0.1) is 0 Å². The molecule has 0 aliphatic heterocycles. The molecular weight excluding hydrogens is 262 g/mol. The zero-order valence-corrected chi connectivity index (χ0v) is 11.5. The number of ether oxygens (including phenoxy) is 3. The molecule has 0 unspecified atom stereocenters. The number of carbonyl (C=O) groups excluding carboxylic acids is 1. The Morgan fingerprint density at radius 3 is 2.45 bits per heavy atom. The summed E-state index contributed by atoms with van der Waals surface area (Å²) >= 11 is 0. The Kier molecular flexibility index (Phi) is 3.93. The molecule has 0 bridgehead atoms. The van der Waals surface area contributed by atoms with Crippen LogP contribution in [0.5, 0.6) is 11.5 Å². The second kappa shape index (κ2) is 5.64. The zero-order chi connectivity index (χ0) is 14.7. The normalized spacial score (nSPS) is 10.3. The lowest BCUT2D eigenvalue weighted by atomic mass is 10.1. The van der Waals surface area contributed by atoms with Crippen LogP contribution in [0.2, 0.25) is 0 Å². The van der Waals surface area contributed by atoms with Crippen molar-refractivity contribution < 1.29 is 19.0 Å². The highest BCUT2D eigenvalue weighted by molar-refractivity contribution is 5.95. The molecule has 6 nitrogen and oxygen atoms in total. The predicted octanol–water partition coefficient (Wildman–Crippen LogP) is 1.72. The number of aromatic amines is 1. The highest BCUT2D eigenvalue weighted by Crippen LogP contribution is 2.29. The van der Waals surface area contributed by atoms with Crippen molar-refractivity contribution in [1.82, 2.24) is 4.98 Å². The first-order valence-electron chi connectivity index (χ1n) is 6.07. The van der Waals surface area contributed by atoms with Crippen LogP contribution in [-0.2, 0) is 4.74 Å². The maximum Gasteiger partial charge on any atom is 0.354 e. The average Bonchev–Trinajstić information content (AvgIpc) is 2.46. The molecule has 6 heteroatoms. The second-order valence-corrected chi connectivity index (χ2v) is 3.99. The average molecular weight is 277 g/mol. The van der Waals surface area contributed by atoms with E-state index in [4.69, 9.17) is 14.2 Å². The van der Waals surface area contributed by atoms with E-state index in [9.17, 15) is 9.59 Å². The molecule has 0 saturated heterocycles. The monoisotopic (exact) mass is 277 g/mol. The van der Waals surface area contributed by atoms with E-state index in [0.717, 1.165) is 0 Å². The van der Waals surface area contributed by atoms with E-state index in [-0.39, 0.29) is 17.7 Å². The summed E-state index contributed by atoms with van der Waals surface area (Å²) in [5, 5.41) is 0.333. The smallest absolute Gasteiger partial charge is 0.354 e. The number of hydrogen-bond donors (Lipinski definition) is 1. The van der Waals surface area contributed by atoms with Gasteiger partial charge in [0.25, 0.3) is 0 Å². The molecular formula is C14H15NO5. The Labute approximate surface area is 115 Å². The van der Waals surface area contributed by atoms with E-state index in [1.54, 1.807) is 19.1 Å². The number of hydrogen-bond acceptors (Lipinski definition) is 5. The third-order valence-electron chi connectivity index (χ3n) is 2.85. The van der Waals surface area contributed by atoms with Crippen molar-refractivity contribution in [3.63, 3.8) is 0 Å². The fourth-order valence-corrected chi connectivity index (χ4v) is 1.97. The first-order valence-corrected chi connectivity index (χ1v) is 6.07. The SMILES string of the molecule is CCOC(=O)c1cc(=O)c2c(OC)ccc(OC)c2[nH]1. The van der Waals surface area contributed by atoms with Crippen LogP contribution in [-0.4, -0.2) is 31.8 Å². The molecule has 106 valence electrons. The third kappa shape index (κ3) is 2.32. The topological polar surface area (TPSA) is 77.6 Å². The van der Waals surface area contributed by atoms with Gasteiger partial charge in [-0.1, -0.05) is 0 Å². The number of benzene rings is 1. The van der Waals surface area contributed by atoms with Gasteiger partial charge in [-0.05, 0) is 19.1 Å². The fraction of sp³-hybridized carbons (Fsp3) is 0.286. The maximum atomic E-state index is 12.2. The molecule has 0 amide bonds. The summed E-state index contributed by atoms with van der Waals surface area (Å²) in [6.45, 7) is 1.93. The summed E-state index contributed by atoms with van der Waals surface area (Å²) < 4.78 is 15.2. The Morgan fingerprint density at radius 2 is 1.85 bits per heavy atom. The third-order valence-corrected chi connectivity index (χ3v) is 2.85. The molecule has 0 saturated carbocycles. The number of pyridine rings is 1. The molecule has 1 heterocycles. The molecule has 0 spiro atoms. The highest BCUT2D eigenvalue weighted by atomic mass is 16.5. The minimum atomic E-state index is -0.587. The van der Waals surface area contributed by atoms with Gasteiger partial charge in [0, 0.05) is 6.07 Å². The Balaban J connectivity index is 2.75. The molecule has 0 radical (unpaired) electrons. The Bertz CT molecular complexity index is 705. The van der Waals surface area contributed by atoms with Crippen LogP contribution < -0.4 is 14.9 Å². The first-order chi connectivity index (χ1) is 9.62. The molecule has 2 aromatic rings. The summed E-state index contributed by atoms with van der Waals surface area (Å²) in [7, 11) is 2.95. The van der Waals surface area contributed by atoms with Gasteiger partial charge in [0.05, 0.1) is 31.7 Å². The van der Waals surface area contributed by atoms with E-state index in [1.807, 2.05) is 0 Å². The number of H-pyrrole nitrogens is 1. The van der Waals surface area contributed by atoms with Crippen LogP contribution in [0.3, 0.4) is 0 Å². The lowest BCUT2D eigenvalue weighted by Gasteiger charge is -2.10. The van der Waals surface area contributed by atoms with Gasteiger partial charge in [0.2, 0.25) is 0 Å². The first kappa shape index (κ1) is 13.9. The molecule has 20 heavy (non-hydrogen) atoms. The van der Waals surface area contributed by atoms with Crippen LogP contribution in [0.4, 0.5) is 0 Å². The minimum Gasteiger partial charge on any atom is -0.496 e. The summed E-state index contributed by atoms with van der Waals surface area (Å²) in [5.41, 5.74) is 0.149. The summed E-state index contributed by atoms with van der Waals surface area (Å²) in [6, 6.07) is 4.49. The Hall–Kier alpha value is -2.50. The van der Waals surface area contributed by atoms with Gasteiger partial charge in [-0.25, -0.2) is 4.79 Å². The fourth-order valence-electron chi connectivity index (χ4n) is 1.97. The summed E-state index contributed by atoms with van der Waals surface area (Å²) in [6.07, 6.45) is 0. The number of nitrogens with one attached hydrogen (secondary N) is 1. The second-order valence-electron chi connectivity index (χ2n) is 3.99. The van der Waals surface area contributed by atoms with Crippen LogP contribution in [0.15, 0.2) is 23.0 Å². The van der Waals surface area contributed by atoms with Crippen molar-refractivity contribution in [2.45, 2.75) is 6.92 Å². The standard InChI is InChI=1S/C14H15NO5/c1-4-20-14(17)8-7-9(16)12-10(18-2)5-6-11(19-3)13(12)15-8/h5-7H,4H2,1-3H3,(H,15,16). The minimum absolute atomic E-state index is 0.0795. The van der Waals surface area contributed by atoms with Crippen LogP contribution in [0.1, 0.15) is 17.4 Å². The van der Waals surface area contributed by atoms with Crippen LogP contribution >= 0.6 is 0 Å². The van der Waals surface area contributed by atoms with E-state index in [1.165, 1.54) is 20.3 Å². The van der Waals surface area contributed by atoms with Crippen LogP contribution in [0.25, 0.3) is 10.9 Å². The number of esters is 1. The Morgan fingerprint density at radius 1 is 1.20 bits per heavy atom. The maximum absolute atomic E-state index is 12.2.